The lowest BCUT2D eigenvalue weighted by Crippen LogP contribution is -2.60. The van der Waals surface area contributed by atoms with Crippen LogP contribution in [-0.4, -0.2) is 75.8 Å². The van der Waals surface area contributed by atoms with E-state index in [1.54, 1.807) is 19.1 Å². The maximum atomic E-state index is 14.4. The average molecular weight is 600 g/mol. The van der Waals surface area contributed by atoms with Gasteiger partial charge in [-0.15, -0.1) is 0 Å². The number of amides is 4. The van der Waals surface area contributed by atoms with E-state index in [1.807, 2.05) is 60.7 Å². The highest BCUT2D eigenvalue weighted by molar-refractivity contribution is 6.06. The highest BCUT2D eigenvalue weighted by Gasteiger charge is 2.45. The van der Waals surface area contributed by atoms with Crippen molar-refractivity contribution in [3.05, 3.63) is 102 Å². The van der Waals surface area contributed by atoms with Crippen LogP contribution in [0.3, 0.4) is 0 Å². The molecule has 0 aliphatic carbocycles. The Labute approximate surface area is 258 Å². The number of rotatable bonds is 11. The molecule has 1 aliphatic heterocycles. The molecule has 10 heteroatoms. The fourth-order valence-electron chi connectivity index (χ4n) is 5.63. The van der Waals surface area contributed by atoms with Crippen LogP contribution >= 0.6 is 0 Å². The normalized spacial score (nSPS) is 20.0. The van der Waals surface area contributed by atoms with Crippen molar-refractivity contribution in [2.75, 3.05) is 13.1 Å². The van der Waals surface area contributed by atoms with Gasteiger partial charge in [-0.05, 0) is 61.6 Å². The summed E-state index contributed by atoms with van der Waals surface area (Å²) in [7, 11) is 0. The Hall–Kier alpha value is -4.54. The third-order valence-electron chi connectivity index (χ3n) is 7.93. The van der Waals surface area contributed by atoms with Gasteiger partial charge < -0.3 is 26.8 Å². The minimum Gasteiger partial charge on any atom is -0.508 e. The molecule has 0 radical (unpaired) electrons. The van der Waals surface area contributed by atoms with E-state index >= 15 is 0 Å². The molecular weight excluding hydrogens is 558 g/mol. The lowest BCUT2D eigenvalue weighted by atomic mass is 9.99. The fourth-order valence-corrected chi connectivity index (χ4v) is 5.63. The Morgan fingerprint density at radius 3 is 2.00 bits per heavy atom. The Morgan fingerprint density at radius 1 is 0.841 bits per heavy atom. The minimum absolute atomic E-state index is 0.0699. The predicted molar refractivity (Wildman–Crippen MR) is 167 cm³/mol. The summed E-state index contributed by atoms with van der Waals surface area (Å²) in [6.07, 6.45) is 0.914. The summed E-state index contributed by atoms with van der Waals surface area (Å²) in [5.41, 5.74) is 14.6. The van der Waals surface area contributed by atoms with Crippen molar-refractivity contribution >= 4 is 23.6 Å². The van der Waals surface area contributed by atoms with Crippen LogP contribution in [0.5, 0.6) is 5.75 Å². The van der Waals surface area contributed by atoms with Crippen molar-refractivity contribution in [2.45, 2.75) is 63.2 Å². The third kappa shape index (κ3) is 7.89. The summed E-state index contributed by atoms with van der Waals surface area (Å²) in [5, 5.41) is 12.6. The molecule has 4 atom stereocenters. The molecule has 10 nitrogen and oxygen atoms in total. The van der Waals surface area contributed by atoms with Crippen molar-refractivity contribution < 1.29 is 24.3 Å². The Balaban J connectivity index is 1.79. The fraction of sp³-hybridized carbons (Fsp3) is 0.353. The van der Waals surface area contributed by atoms with Crippen LogP contribution < -0.4 is 16.8 Å². The average Bonchev–Trinajstić information content (AvgIpc) is 3.06. The van der Waals surface area contributed by atoms with Gasteiger partial charge in [0.05, 0.1) is 6.04 Å². The topological polar surface area (TPSA) is 159 Å². The molecule has 4 amide bonds. The quantitative estimate of drug-likeness (QED) is 0.262. The van der Waals surface area contributed by atoms with Crippen molar-refractivity contribution in [3.63, 3.8) is 0 Å². The van der Waals surface area contributed by atoms with Gasteiger partial charge in [-0.3, -0.25) is 24.1 Å². The van der Waals surface area contributed by atoms with Crippen molar-refractivity contribution in [2.24, 2.45) is 11.5 Å². The number of carbonyl (C=O) groups is 4. The molecule has 3 aromatic rings. The molecule has 0 bridgehead atoms. The van der Waals surface area contributed by atoms with Crippen LogP contribution in [0.25, 0.3) is 0 Å². The zero-order valence-electron chi connectivity index (χ0n) is 25.0. The highest BCUT2D eigenvalue weighted by atomic mass is 16.3. The standard InChI is InChI=1S/C34H41N5O5/c1-2-38-30(22-24-12-7-4-8-13-24)31(41)37-28(21-23-10-5-3-6-11-23)33(43)39(29(34(38)44)14-9-19-35)32(42)27(36)20-25-15-17-26(40)18-16-25/h3-8,10-13,15-18,27-30,40H,2,9,14,19-22,35-36H2,1H3,(H,37,41)/t27-,28-,29+,30-/m0/s1. The van der Waals surface area contributed by atoms with Gasteiger partial charge in [-0.2, -0.15) is 0 Å². The summed E-state index contributed by atoms with van der Waals surface area (Å²) >= 11 is 0. The summed E-state index contributed by atoms with van der Waals surface area (Å²) in [6.45, 7) is 2.19. The van der Waals surface area contributed by atoms with E-state index in [9.17, 15) is 24.3 Å². The second-order valence-corrected chi connectivity index (χ2v) is 11.1. The number of carbonyl (C=O) groups excluding carboxylic acids is 4. The number of nitrogens with two attached hydrogens (primary N) is 2. The summed E-state index contributed by atoms with van der Waals surface area (Å²) in [4.78, 5) is 59.3. The maximum Gasteiger partial charge on any atom is 0.252 e. The zero-order valence-corrected chi connectivity index (χ0v) is 25.0. The van der Waals surface area contributed by atoms with Crippen LogP contribution in [0, 0.1) is 0 Å². The molecule has 1 saturated heterocycles. The van der Waals surface area contributed by atoms with Crippen molar-refractivity contribution in [1.82, 2.24) is 15.1 Å². The van der Waals surface area contributed by atoms with Crippen LogP contribution in [0.15, 0.2) is 84.9 Å². The van der Waals surface area contributed by atoms with Crippen LogP contribution in [0.2, 0.25) is 0 Å². The molecule has 0 aromatic heterocycles. The van der Waals surface area contributed by atoms with Crippen molar-refractivity contribution in [3.8, 4) is 5.75 Å². The first kappa shape index (κ1) is 32.4. The van der Waals surface area contributed by atoms with E-state index in [0.29, 0.717) is 12.0 Å². The van der Waals surface area contributed by atoms with Gasteiger partial charge in [0, 0.05) is 19.4 Å². The number of likely N-dealkylation sites (N-methyl/N-ethyl adjacent to an activating group) is 1. The minimum atomic E-state index is -1.20. The summed E-state index contributed by atoms with van der Waals surface area (Å²) in [6, 6.07) is 20.4. The molecule has 0 spiro atoms. The second kappa shape index (κ2) is 15.3. The molecule has 1 fully saturated rings. The van der Waals surface area contributed by atoms with Crippen LogP contribution in [0.1, 0.15) is 36.5 Å². The molecule has 232 valence electrons. The predicted octanol–water partition coefficient (Wildman–Crippen LogP) is 1.93. The molecule has 0 unspecified atom stereocenters. The molecule has 1 aliphatic rings. The van der Waals surface area contributed by atoms with E-state index < -0.39 is 47.8 Å². The first-order chi connectivity index (χ1) is 21.2. The van der Waals surface area contributed by atoms with Gasteiger partial charge in [0.2, 0.25) is 17.7 Å². The third-order valence-corrected chi connectivity index (χ3v) is 7.93. The van der Waals surface area contributed by atoms with E-state index in [1.165, 1.54) is 17.0 Å². The molecule has 0 saturated carbocycles. The maximum absolute atomic E-state index is 14.4. The number of benzene rings is 3. The number of aromatic hydroxyl groups is 1. The smallest absolute Gasteiger partial charge is 0.252 e. The second-order valence-electron chi connectivity index (χ2n) is 11.1. The first-order valence-electron chi connectivity index (χ1n) is 15.0. The van der Waals surface area contributed by atoms with Gasteiger partial charge in [-0.1, -0.05) is 72.8 Å². The number of hydrogen-bond donors (Lipinski definition) is 4. The van der Waals surface area contributed by atoms with Crippen LogP contribution in [-0.2, 0) is 38.4 Å². The van der Waals surface area contributed by atoms with Crippen molar-refractivity contribution in [1.29, 1.82) is 0 Å². The number of imide groups is 1. The number of nitrogens with zero attached hydrogens (tertiary/aromatic N) is 2. The summed E-state index contributed by atoms with van der Waals surface area (Å²) < 4.78 is 0. The number of phenols is 1. The molecule has 44 heavy (non-hydrogen) atoms. The largest absolute Gasteiger partial charge is 0.508 e. The Morgan fingerprint density at radius 2 is 1.43 bits per heavy atom. The van der Waals surface area contributed by atoms with E-state index in [2.05, 4.69) is 5.32 Å². The Bertz CT molecular complexity index is 1420. The first-order valence-corrected chi connectivity index (χ1v) is 15.0. The van der Waals surface area contributed by atoms with Gasteiger partial charge >= 0.3 is 0 Å². The molecule has 3 aromatic carbocycles. The molecular formula is C34H41N5O5. The number of phenolic OH excluding ortho intramolecular Hbond substituents is 1. The lowest BCUT2D eigenvalue weighted by molar-refractivity contribution is -0.157. The number of hydrogen-bond acceptors (Lipinski definition) is 7. The van der Waals surface area contributed by atoms with E-state index in [0.717, 1.165) is 16.0 Å². The molecule has 6 N–H and O–H groups in total. The van der Waals surface area contributed by atoms with E-state index in [-0.39, 0.29) is 44.5 Å². The molecule has 4 rings (SSSR count). The molecule has 1 heterocycles. The zero-order chi connectivity index (χ0) is 31.6. The van der Waals surface area contributed by atoms with Gasteiger partial charge in [-0.25, -0.2) is 0 Å². The monoisotopic (exact) mass is 599 g/mol. The lowest BCUT2D eigenvalue weighted by Gasteiger charge is -2.36. The highest BCUT2D eigenvalue weighted by Crippen LogP contribution is 2.22. The van der Waals surface area contributed by atoms with Gasteiger partial charge in [0.15, 0.2) is 0 Å². The van der Waals surface area contributed by atoms with Crippen LogP contribution in [0.4, 0.5) is 0 Å². The van der Waals surface area contributed by atoms with E-state index in [4.69, 9.17) is 11.5 Å². The van der Waals surface area contributed by atoms with Gasteiger partial charge in [0.25, 0.3) is 5.91 Å². The number of nitrogens with one attached hydrogen (secondary N) is 1. The SMILES string of the molecule is CCN1C(=O)[C@@H](CCCN)N(C(=O)[C@@H](N)Cc2ccc(O)cc2)C(=O)[C@H](Cc2ccccc2)NC(=O)[C@@H]1Cc1ccccc1. The Kier molecular flexibility index (Phi) is 11.2. The summed E-state index contributed by atoms with van der Waals surface area (Å²) in [5.74, 6) is -2.32. The van der Waals surface area contributed by atoms with Gasteiger partial charge in [0.1, 0.15) is 23.9 Å².